The number of nitrogens with zero attached hydrogens (tertiary/aromatic N) is 2. The van der Waals surface area contributed by atoms with Crippen LogP contribution >= 0.6 is 0 Å². The summed E-state index contributed by atoms with van der Waals surface area (Å²) in [6, 6.07) is 10.7. The maximum Gasteiger partial charge on any atom is 0.343 e. The number of benzene rings is 1. The Balaban J connectivity index is 1.91. The predicted molar refractivity (Wildman–Crippen MR) is 71.3 cm³/mol. The molecule has 94 valence electrons. The van der Waals surface area contributed by atoms with Crippen LogP contribution in [-0.2, 0) is 0 Å². The highest BCUT2D eigenvalue weighted by molar-refractivity contribution is 5.91. The van der Waals surface area contributed by atoms with Crippen LogP contribution in [0.5, 0.6) is 5.75 Å². The maximum atomic E-state index is 12.0. The second-order valence-corrected chi connectivity index (χ2v) is 4.27. The Morgan fingerprint density at radius 1 is 1.26 bits per heavy atom. The monoisotopic (exact) mass is 252 g/mol. The number of ether oxygens (including phenoxy) is 1. The van der Waals surface area contributed by atoms with E-state index in [1.807, 2.05) is 29.7 Å². The Hall–Kier alpha value is -2.62. The van der Waals surface area contributed by atoms with Crippen LogP contribution in [0.3, 0.4) is 0 Å². The minimum absolute atomic E-state index is 0.362. The van der Waals surface area contributed by atoms with Crippen molar-refractivity contribution in [2.45, 2.75) is 6.92 Å². The van der Waals surface area contributed by atoms with Gasteiger partial charge in [-0.3, -0.25) is 0 Å². The average Bonchev–Trinajstić information content (AvgIpc) is 2.88. The number of carbonyl (C=O) groups excluding carboxylic acids is 1. The van der Waals surface area contributed by atoms with E-state index in [1.54, 1.807) is 36.7 Å². The second kappa shape index (κ2) is 4.57. The molecular weight excluding hydrogens is 240 g/mol. The van der Waals surface area contributed by atoms with Gasteiger partial charge in [-0.2, -0.15) is 0 Å². The molecule has 4 nitrogen and oxygen atoms in total. The molecule has 1 aromatic carbocycles. The number of carbonyl (C=O) groups is 1. The van der Waals surface area contributed by atoms with E-state index in [2.05, 4.69) is 4.98 Å². The minimum atomic E-state index is -0.362. The van der Waals surface area contributed by atoms with Crippen molar-refractivity contribution in [2.75, 3.05) is 0 Å². The summed E-state index contributed by atoms with van der Waals surface area (Å²) < 4.78 is 7.21. The molecule has 0 saturated heterocycles. The van der Waals surface area contributed by atoms with Gasteiger partial charge in [-0.25, -0.2) is 9.78 Å². The van der Waals surface area contributed by atoms with Crippen molar-refractivity contribution in [1.82, 2.24) is 9.38 Å². The molecule has 0 aliphatic rings. The Kier molecular flexibility index (Phi) is 2.76. The van der Waals surface area contributed by atoms with Crippen LogP contribution in [0, 0.1) is 6.92 Å². The zero-order valence-corrected chi connectivity index (χ0v) is 10.4. The molecule has 3 rings (SSSR count). The SMILES string of the molecule is Cc1cc(OC(=O)c2ccccc2)cn2ccnc12. The van der Waals surface area contributed by atoms with E-state index in [0.717, 1.165) is 11.2 Å². The molecular formula is C15H12N2O2. The summed E-state index contributed by atoms with van der Waals surface area (Å²) in [6.45, 7) is 1.93. The largest absolute Gasteiger partial charge is 0.421 e. The van der Waals surface area contributed by atoms with Gasteiger partial charge < -0.3 is 9.14 Å². The topological polar surface area (TPSA) is 43.6 Å². The molecule has 0 unspecified atom stereocenters. The third-order valence-corrected chi connectivity index (χ3v) is 2.87. The molecule has 4 heteroatoms. The number of hydrogen-bond donors (Lipinski definition) is 0. The molecule has 0 aliphatic carbocycles. The van der Waals surface area contributed by atoms with Gasteiger partial charge in [0.2, 0.25) is 0 Å². The quantitative estimate of drug-likeness (QED) is 0.659. The normalized spacial score (nSPS) is 10.6. The molecule has 3 aromatic rings. The summed E-state index contributed by atoms with van der Waals surface area (Å²) in [5.41, 5.74) is 2.36. The number of aromatic nitrogens is 2. The molecule has 0 bridgehead atoms. The predicted octanol–water partition coefficient (Wildman–Crippen LogP) is 2.86. The molecule has 0 spiro atoms. The smallest absolute Gasteiger partial charge is 0.343 e. The maximum absolute atomic E-state index is 12.0. The number of esters is 1. The van der Waals surface area contributed by atoms with E-state index in [-0.39, 0.29) is 5.97 Å². The highest BCUT2D eigenvalue weighted by Crippen LogP contribution is 2.18. The first kappa shape index (κ1) is 11.5. The van der Waals surface area contributed by atoms with E-state index in [4.69, 9.17) is 4.74 Å². The first-order valence-corrected chi connectivity index (χ1v) is 5.94. The van der Waals surface area contributed by atoms with Gasteiger partial charge in [0.25, 0.3) is 0 Å². The van der Waals surface area contributed by atoms with Crippen molar-refractivity contribution >= 4 is 11.6 Å². The van der Waals surface area contributed by atoms with Crippen LogP contribution < -0.4 is 4.74 Å². The third-order valence-electron chi connectivity index (χ3n) is 2.87. The Morgan fingerprint density at radius 3 is 2.84 bits per heavy atom. The zero-order chi connectivity index (χ0) is 13.2. The fourth-order valence-corrected chi connectivity index (χ4v) is 1.97. The Morgan fingerprint density at radius 2 is 2.05 bits per heavy atom. The lowest BCUT2D eigenvalue weighted by Gasteiger charge is -2.06. The summed E-state index contributed by atoms with van der Waals surface area (Å²) in [7, 11) is 0. The van der Waals surface area contributed by atoms with Crippen LogP contribution in [0.1, 0.15) is 15.9 Å². The number of rotatable bonds is 2. The fourth-order valence-electron chi connectivity index (χ4n) is 1.97. The van der Waals surface area contributed by atoms with Gasteiger partial charge in [-0.1, -0.05) is 18.2 Å². The summed E-state index contributed by atoms with van der Waals surface area (Å²) in [6.07, 6.45) is 5.28. The van der Waals surface area contributed by atoms with E-state index in [0.29, 0.717) is 11.3 Å². The highest BCUT2D eigenvalue weighted by Gasteiger charge is 2.09. The first-order chi connectivity index (χ1) is 9.24. The van der Waals surface area contributed by atoms with Gasteiger partial charge in [0, 0.05) is 12.4 Å². The molecule has 2 aromatic heterocycles. The lowest BCUT2D eigenvalue weighted by molar-refractivity contribution is 0.0734. The Labute approximate surface area is 110 Å². The average molecular weight is 252 g/mol. The lowest BCUT2D eigenvalue weighted by atomic mass is 10.2. The van der Waals surface area contributed by atoms with Crippen LogP contribution in [0.4, 0.5) is 0 Å². The molecule has 0 fully saturated rings. The summed E-state index contributed by atoms with van der Waals surface area (Å²) in [5, 5.41) is 0. The minimum Gasteiger partial charge on any atom is -0.421 e. The van der Waals surface area contributed by atoms with Gasteiger partial charge in [0.15, 0.2) is 0 Å². The van der Waals surface area contributed by atoms with Gasteiger partial charge in [-0.15, -0.1) is 0 Å². The molecule has 0 aliphatic heterocycles. The van der Waals surface area contributed by atoms with E-state index < -0.39 is 0 Å². The number of fused-ring (bicyclic) bond motifs is 1. The fraction of sp³-hybridized carbons (Fsp3) is 0.0667. The van der Waals surface area contributed by atoms with Crippen LogP contribution in [0.25, 0.3) is 5.65 Å². The lowest BCUT2D eigenvalue weighted by Crippen LogP contribution is -2.08. The van der Waals surface area contributed by atoms with E-state index in [9.17, 15) is 4.79 Å². The van der Waals surface area contributed by atoms with E-state index >= 15 is 0 Å². The summed E-state index contributed by atoms with van der Waals surface area (Å²) >= 11 is 0. The van der Waals surface area contributed by atoms with Crippen molar-refractivity contribution in [3.63, 3.8) is 0 Å². The molecule has 2 heterocycles. The number of pyridine rings is 1. The van der Waals surface area contributed by atoms with Crippen molar-refractivity contribution in [3.8, 4) is 5.75 Å². The van der Waals surface area contributed by atoms with Gasteiger partial charge >= 0.3 is 5.97 Å². The van der Waals surface area contributed by atoms with Gasteiger partial charge in [0.1, 0.15) is 11.4 Å². The van der Waals surface area contributed by atoms with Gasteiger partial charge in [0.05, 0.1) is 11.8 Å². The van der Waals surface area contributed by atoms with Crippen molar-refractivity contribution in [2.24, 2.45) is 0 Å². The van der Waals surface area contributed by atoms with Crippen molar-refractivity contribution in [1.29, 1.82) is 0 Å². The second-order valence-electron chi connectivity index (χ2n) is 4.27. The number of hydrogen-bond acceptors (Lipinski definition) is 3. The third kappa shape index (κ3) is 2.20. The van der Waals surface area contributed by atoms with Crippen molar-refractivity contribution < 1.29 is 9.53 Å². The number of aryl methyl sites for hydroxylation is 1. The highest BCUT2D eigenvalue weighted by atomic mass is 16.5. The standard InChI is InChI=1S/C15H12N2O2/c1-11-9-13(10-17-8-7-16-14(11)17)19-15(18)12-5-3-2-4-6-12/h2-10H,1H3. The van der Waals surface area contributed by atoms with Gasteiger partial charge in [-0.05, 0) is 30.7 Å². The van der Waals surface area contributed by atoms with Crippen LogP contribution in [0.2, 0.25) is 0 Å². The molecule has 0 atom stereocenters. The molecule has 0 radical (unpaired) electrons. The first-order valence-electron chi connectivity index (χ1n) is 5.94. The van der Waals surface area contributed by atoms with Crippen LogP contribution in [0.15, 0.2) is 55.0 Å². The summed E-state index contributed by atoms with van der Waals surface area (Å²) in [4.78, 5) is 16.2. The van der Waals surface area contributed by atoms with Crippen molar-refractivity contribution in [3.05, 3.63) is 66.1 Å². The summed E-state index contributed by atoms with van der Waals surface area (Å²) in [5.74, 6) is 0.149. The van der Waals surface area contributed by atoms with E-state index in [1.165, 1.54) is 0 Å². The molecule has 19 heavy (non-hydrogen) atoms. The number of imidazole rings is 1. The Bertz CT molecular complexity index is 732. The van der Waals surface area contributed by atoms with Crippen LogP contribution in [-0.4, -0.2) is 15.4 Å². The zero-order valence-electron chi connectivity index (χ0n) is 10.4. The molecule has 0 amide bonds. The molecule has 0 N–H and O–H groups in total. The molecule has 0 saturated carbocycles.